The SMILES string of the molecule is CC1(C)c2ccc(B(O)O)cc2C(C)(C)C1(C)C. The number of hydrogen-bond donors (Lipinski definition) is 2. The molecule has 0 aromatic heterocycles. The van der Waals surface area contributed by atoms with Crippen molar-refractivity contribution in [3.8, 4) is 0 Å². The minimum absolute atomic E-state index is 0.0106. The fraction of sp³-hybridized carbons (Fsp3) is 0.600. The summed E-state index contributed by atoms with van der Waals surface area (Å²) in [7, 11) is -1.39. The molecule has 1 aromatic carbocycles. The maximum absolute atomic E-state index is 9.34. The van der Waals surface area contributed by atoms with Crippen molar-refractivity contribution in [3.63, 3.8) is 0 Å². The first-order valence-electron chi connectivity index (χ1n) is 6.54. The van der Waals surface area contributed by atoms with Crippen LogP contribution in [0.2, 0.25) is 0 Å². The summed E-state index contributed by atoms with van der Waals surface area (Å²) in [4.78, 5) is 0. The fourth-order valence-electron chi connectivity index (χ4n) is 3.24. The van der Waals surface area contributed by atoms with Crippen molar-refractivity contribution in [2.75, 3.05) is 0 Å². The zero-order valence-electron chi connectivity index (χ0n) is 12.2. The van der Waals surface area contributed by atoms with Gasteiger partial charge in [0.05, 0.1) is 0 Å². The van der Waals surface area contributed by atoms with E-state index in [0.717, 1.165) is 0 Å². The second-order valence-electron chi connectivity index (χ2n) is 7.05. The van der Waals surface area contributed by atoms with Crippen LogP contribution in [0.1, 0.15) is 52.7 Å². The standard InChI is InChI=1S/C15H23BO2/c1-13(2)11-8-7-10(16(17)18)9-12(11)14(3,4)15(13,5)6/h7-9,17-18H,1-6H3. The third-order valence-electron chi connectivity index (χ3n) is 5.81. The van der Waals surface area contributed by atoms with Gasteiger partial charge in [-0.2, -0.15) is 0 Å². The summed E-state index contributed by atoms with van der Waals surface area (Å²) in [5.41, 5.74) is 3.34. The number of fused-ring (bicyclic) bond motifs is 1. The molecule has 0 fully saturated rings. The third-order valence-corrected chi connectivity index (χ3v) is 5.81. The Morgan fingerprint density at radius 3 is 1.83 bits per heavy atom. The summed E-state index contributed by atoms with van der Waals surface area (Å²) in [6, 6.07) is 5.83. The first kappa shape index (κ1) is 13.6. The highest BCUT2D eigenvalue weighted by Gasteiger charge is 2.56. The molecule has 0 amide bonds. The van der Waals surface area contributed by atoms with Crippen LogP contribution < -0.4 is 5.46 Å². The van der Waals surface area contributed by atoms with Crippen molar-refractivity contribution in [2.24, 2.45) is 5.41 Å². The summed E-state index contributed by atoms with van der Waals surface area (Å²) in [5.74, 6) is 0. The van der Waals surface area contributed by atoms with Crippen LogP contribution in [0.25, 0.3) is 0 Å². The summed E-state index contributed by atoms with van der Waals surface area (Å²) in [6.07, 6.45) is 0. The van der Waals surface area contributed by atoms with Crippen molar-refractivity contribution in [3.05, 3.63) is 29.3 Å². The van der Waals surface area contributed by atoms with Crippen molar-refractivity contribution in [2.45, 2.75) is 52.4 Å². The van der Waals surface area contributed by atoms with E-state index in [4.69, 9.17) is 0 Å². The maximum atomic E-state index is 9.34. The first-order valence-corrected chi connectivity index (χ1v) is 6.54. The van der Waals surface area contributed by atoms with Crippen LogP contribution in [-0.4, -0.2) is 17.2 Å². The lowest BCUT2D eigenvalue weighted by atomic mass is 9.59. The van der Waals surface area contributed by atoms with E-state index in [1.54, 1.807) is 0 Å². The van der Waals surface area contributed by atoms with E-state index in [1.807, 2.05) is 12.1 Å². The molecule has 3 heteroatoms. The zero-order chi connectivity index (χ0) is 13.9. The lowest BCUT2D eigenvalue weighted by Gasteiger charge is -2.44. The number of benzene rings is 1. The molecule has 0 radical (unpaired) electrons. The molecule has 2 nitrogen and oxygen atoms in total. The summed E-state index contributed by atoms with van der Waals surface area (Å²) in [5, 5.41) is 18.7. The highest BCUT2D eigenvalue weighted by atomic mass is 16.4. The molecular formula is C15H23BO2. The summed E-state index contributed by atoms with van der Waals surface area (Å²) in [6.45, 7) is 13.6. The second-order valence-corrected chi connectivity index (χ2v) is 7.05. The number of rotatable bonds is 1. The fourth-order valence-corrected chi connectivity index (χ4v) is 3.24. The van der Waals surface area contributed by atoms with Crippen molar-refractivity contribution in [1.29, 1.82) is 0 Å². The average Bonchev–Trinajstić information content (AvgIpc) is 2.36. The Balaban J connectivity index is 2.72. The van der Waals surface area contributed by atoms with E-state index < -0.39 is 7.12 Å². The zero-order valence-corrected chi connectivity index (χ0v) is 12.2. The third kappa shape index (κ3) is 1.44. The van der Waals surface area contributed by atoms with Gasteiger partial charge >= 0.3 is 7.12 Å². The molecule has 0 spiro atoms. The molecule has 0 aliphatic heterocycles. The van der Waals surface area contributed by atoms with Crippen molar-refractivity contribution in [1.82, 2.24) is 0 Å². The lowest BCUT2D eigenvalue weighted by Crippen LogP contribution is -2.42. The average molecular weight is 246 g/mol. The van der Waals surface area contributed by atoms with Gasteiger partial charge in [0.1, 0.15) is 0 Å². The molecule has 0 atom stereocenters. The first-order chi connectivity index (χ1) is 8.03. The molecule has 0 saturated heterocycles. The van der Waals surface area contributed by atoms with Gasteiger partial charge in [-0.05, 0) is 32.8 Å². The molecule has 0 bridgehead atoms. The van der Waals surface area contributed by atoms with Gasteiger partial charge in [0.25, 0.3) is 0 Å². The van der Waals surface area contributed by atoms with Gasteiger partial charge in [0.2, 0.25) is 0 Å². The molecule has 1 aliphatic rings. The number of hydrogen-bond acceptors (Lipinski definition) is 2. The normalized spacial score (nSPS) is 22.7. The van der Waals surface area contributed by atoms with Crippen molar-refractivity contribution >= 4 is 12.6 Å². The molecule has 1 aliphatic carbocycles. The van der Waals surface area contributed by atoms with Gasteiger partial charge < -0.3 is 10.0 Å². The Kier molecular flexibility index (Phi) is 2.74. The summed E-state index contributed by atoms with van der Waals surface area (Å²) < 4.78 is 0. The van der Waals surface area contributed by atoms with Gasteiger partial charge in [-0.3, -0.25) is 0 Å². The van der Waals surface area contributed by atoms with Gasteiger partial charge in [0, 0.05) is 0 Å². The Labute approximate surface area is 110 Å². The molecule has 0 heterocycles. The van der Waals surface area contributed by atoms with Crippen LogP contribution in [-0.2, 0) is 10.8 Å². The van der Waals surface area contributed by atoms with Crippen LogP contribution in [0, 0.1) is 5.41 Å². The Morgan fingerprint density at radius 2 is 1.33 bits per heavy atom. The van der Waals surface area contributed by atoms with E-state index in [-0.39, 0.29) is 16.2 Å². The Morgan fingerprint density at radius 1 is 0.833 bits per heavy atom. The van der Waals surface area contributed by atoms with Gasteiger partial charge in [0.15, 0.2) is 0 Å². The van der Waals surface area contributed by atoms with E-state index in [2.05, 4.69) is 47.6 Å². The van der Waals surface area contributed by atoms with E-state index in [1.165, 1.54) is 11.1 Å². The molecule has 0 unspecified atom stereocenters. The summed E-state index contributed by atoms with van der Waals surface area (Å²) >= 11 is 0. The van der Waals surface area contributed by atoms with Crippen LogP contribution in [0.4, 0.5) is 0 Å². The van der Waals surface area contributed by atoms with Crippen LogP contribution in [0.15, 0.2) is 18.2 Å². The van der Waals surface area contributed by atoms with Gasteiger partial charge in [-0.15, -0.1) is 0 Å². The van der Waals surface area contributed by atoms with E-state index in [9.17, 15) is 10.0 Å². The predicted molar refractivity (Wildman–Crippen MR) is 76.1 cm³/mol. The van der Waals surface area contributed by atoms with Gasteiger partial charge in [-0.25, -0.2) is 0 Å². The molecule has 1 aromatic rings. The molecule has 98 valence electrons. The van der Waals surface area contributed by atoms with Gasteiger partial charge in [-0.1, -0.05) is 59.7 Å². The Hall–Kier alpha value is -0.795. The minimum atomic E-state index is -1.39. The quantitative estimate of drug-likeness (QED) is 0.743. The lowest BCUT2D eigenvalue weighted by molar-refractivity contribution is 0.125. The van der Waals surface area contributed by atoms with E-state index >= 15 is 0 Å². The monoisotopic (exact) mass is 246 g/mol. The molecule has 0 saturated carbocycles. The van der Waals surface area contributed by atoms with Crippen LogP contribution in [0.5, 0.6) is 0 Å². The van der Waals surface area contributed by atoms with Crippen LogP contribution >= 0.6 is 0 Å². The molecule has 18 heavy (non-hydrogen) atoms. The van der Waals surface area contributed by atoms with Crippen LogP contribution in [0.3, 0.4) is 0 Å². The highest BCUT2D eigenvalue weighted by Crippen LogP contribution is 2.61. The molecular weight excluding hydrogens is 223 g/mol. The smallest absolute Gasteiger partial charge is 0.423 e. The molecule has 2 N–H and O–H groups in total. The predicted octanol–water partition coefficient (Wildman–Crippen LogP) is 1.96. The largest absolute Gasteiger partial charge is 0.488 e. The second kappa shape index (κ2) is 3.61. The van der Waals surface area contributed by atoms with Crippen molar-refractivity contribution < 1.29 is 10.0 Å². The maximum Gasteiger partial charge on any atom is 0.488 e. The van der Waals surface area contributed by atoms with E-state index in [0.29, 0.717) is 5.46 Å². The molecule has 2 rings (SSSR count). The Bertz CT molecular complexity index is 487. The topological polar surface area (TPSA) is 40.5 Å². The highest BCUT2D eigenvalue weighted by molar-refractivity contribution is 6.58. The minimum Gasteiger partial charge on any atom is -0.423 e.